The summed E-state index contributed by atoms with van der Waals surface area (Å²) in [5.74, 6) is 1.87. The molecule has 3 N–H and O–H groups in total. The molecule has 0 saturated carbocycles. The average molecular weight is 650 g/mol. The number of aryl methyl sites for hydroxylation is 1. The standard InChI is InChI=1S/C37H40N5O4P/c1-27-11-9-13-30(23-27)37(43)40-31-14-10-12-29(24-31)28(2)39-35-25-38-26-36(41-35)42-21-19-33(20-22-42)46-47(44,34-17-7-4-8-18-34)45-32-15-5-3-6-16-32/h3-18,23-26,28,33,44,47H,19-22H2,1-2H3,(H,39,41)(H,40,43)/t28-/m0/s1. The Hall–Kier alpha value is -4.82. The van der Waals surface area contributed by atoms with Crippen LogP contribution in [-0.4, -0.2) is 40.0 Å². The van der Waals surface area contributed by atoms with Crippen LogP contribution in [-0.2, 0) is 4.52 Å². The molecule has 10 heteroatoms. The number of carbonyl (C=O) groups excluding carboxylic acids is 1. The first kappa shape index (κ1) is 32.1. The number of amides is 1. The van der Waals surface area contributed by atoms with Crippen molar-refractivity contribution < 1.29 is 18.7 Å². The van der Waals surface area contributed by atoms with Gasteiger partial charge in [0.25, 0.3) is 5.91 Å². The molecule has 0 bridgehead atoms. The number of rotatable bonds is 11. The van der Waals surface area contributed by atoms with Gasteiger partial charge >= 0.3 is 201 Å². The zero-order valence-electron chi connectivity index (χ0n) is 26.5. The van der Waals surface area contributed by atoms with Crippen molar-refractivity contribution in [3.05, 3.63) is 138 Å². The fourth-order valence-electron chi connectivity index (χ4n) is 5.63. The van der Waals surface area contributed by atoms with E-state index in [1.165, 1.54) is 0 Å². The number of anilines is 3. The molecule has 1 atom stereocenters. The maximum absolute atomic E-state index is 12.8. The van der Waals surface area contributed by atoms with Gasteiger partial charge in [-0.25, -0.2) is 0 Å². The van der Waals surface area contributed by atoms with Crippen molar-refractivity contribution in [1.29, 1.82) is 0 Å². The van der Waals surface area contributed by atoms with Crippen LogP contribution in [0.1, 0.15) is 47.3 Å². The number of piperidine rings is 1. The minimum atomic E-state index is -3.73. The molecule has 0 spiro atoms. The Morgan fingerprint density at radius 2 is 1.64 bits per heavy atom. The zero-order valence-corrected chi connectivity index (χ0v) is 27.5. The summed E-state index contributed by atoms with van der Waals surface area (Å²) in [7, 11) is -3.73. The number of aromatic nitrogens is 2. The van der Waals surface area contributed by atoms with Crippen LogP contribution in [0.4, 0.5) is 17.3 Å². The van der Waals surface area contributed by atoms with Crippen LogP contribution in [0.2, 0.25) is 0 Å². The predicted octanol–water partition coefficient (Wildman–Crippen LogP) is 7.09. The molecule has 1 amide bonds. The topological polar surface area (TPSA) is 109 Å². The van der Waals surface area contributed by atoms with E-state index in [1.807, 2.05) is 123 Å². The van der Waals surface area contributed by atoms with E-state index < -0.39 is 7.94 Å². The Labute approximate surface area is 276 Å². The van der Waals surface area contributed by atoms with E-state index in [1.54, 1.807) is 12.4 Å². The van der Waals surface area contributed by atoms with Crippen molar-refractivity contribution >= 4 is 36.5 Å². The molecule has 1 aliphatic rings. The van der Waals surface area contributed by atoms with E-state index in [-0.39, 0.29) is 18.1 Å². The summed E-state index contributed by atoms with van der Waals surface area (Å²) in [6, 6.07) is 34.0. The molecule has 1 fully saturated rings. The van der Waals surface area contributed by atoms with Crippen LogP contribution in [0.15, 0.2) is 122 Å². The number of benzene rings is 4. The number of hydrogen-bond donors (Lipinski definition) is 3. The molecular weight excluding hydrogens is 609 g/mol. The molecule has 1 aliphatic heterocycles. The first-order valence-electron chi connectivity index (χ1n) is 15.9. The van der Waals surface area contributed by atoms with Crippen LogP contribution < -0.4 is 25.4 Å². The molecule has 0 aliphatic carbocycles. The van der Waals surface area contributed by atoms with E-state index in [4.69, 9.17) is 14.0 Å². The molecule has 2 heterocycles. The molecule has 5 aromatic rings. The molecule has 9 nitrogen and oxygen atoms in total. The van der Waals surface area contributed by atoms with Crippen molar-refractivity contribution in [2.24, 2.45) is 0 Å². The first-order valence-corrected chi connectivity index (χ1v) is 17.6. The van der Waals surface area contributed by atoms with E-state index in [0.717, 1.165) is 22.6 Å². The Morgan fingerprint density at radius 3 is 2.38 bits per heavy atom. The third-order valence-electron chi connectivity index (χ3n) is 8.14. The van der Waals surface area contributed by atoms with Crippen molar-refractivity contribution in [1.82, 2.24) is 9.97 Å². The monoisotopic (exact) mass is 649 g/mol. The van der Waals surface area contributed by atoms with Gasteiger partial charge in [-0.2, -0.15) is 0 Å². The summed E-state index contributed by atoms with van der Waals surface area (Å²) >= 11 is 0. The van der Waals surface area contributed by atoms with Crippen LogP contribution in [0.3, 0.4) is 0 Å². The third kappa shape index (κ3) is 8.32. The maximum atomic E-state index is 12.8. The van der Waals surface area contributed by atoms with Gasteiger partial charge in [0.05, 0.1) is 0 Å². The SMILES string of the molecule is Cc1cccc(C(=O)Nc2cccc([C@H](C)Nc3cncc(N4CCC(O[PH](O)(Oc5ccccc5)c5ccccc5)CC4)n3)c2)c1. The normalized spacial score (nSPS) is 14.7. The van der Waals surface area contributed by atoms with Crippen molar-refractivity contribution in [3.8, 4) is 5.75 Å². The fraction of sp³-hybridized carbons (Fsp3) is 0.216. The van der Waals surface area contributed by atoms with Crippen molar-refractivity contribution in [3.63, 3.8) is 0 Å². The predicted molar refractivity (Wildman–Crippen MR) is 190 cm³/mol. The van der Waals surface area contributed by atoms with Gasteiger partial charge in [0.15, 0.2) is 0 Å². The smallest absolute Gasteiger partial charge is 0.0465 e. The molecule has 0 unspecified atom stereocenters. The molecule has 4 aromatic carbocycles. The Kier molecular flexibility index (Phi) is 10.1. The van der Waals surface area contributed by atoms with Gasteiger partial charge in [0.2, 0.25) is 0 Å². The Morgan fingerprint density at radius 1 is 0.915 bits per heavy atom. The van der Waals surface area contributed by atoms with Crippen LogP contribution in [0, 0.1) is 6.92 Å². The number of para-hydroxylation sites is 1. The molecule has 47 heavy (non-hydrogen) atoms. The summed E-state index contributed by atoms with van der Waals surface area (Å²) in [4.78, 5) is 36.0. The Bertz CT molecular complexity index is 1790. The van der Waals surface area contributed by atoms with E-state index in [2.05, 4.69) is 20.5 Å². The molecule has 242 valence electrons. The fourth-order valence-corrected chi connectivity index (χ4v) is 7.69. The number of nitrogens with one attached hydrogen (secondary N) is 2. The van der Waals surface area contributed by atoms with E-state index in [9.17, 15) is 9.69 Å². The number of carbonyl (C=O) groups is 1. The quantitative estimate of drug-likeness (QED) is 0.130. The molecule has 6 rings (SSSR count). The Balaban J connectivity index is 1.07. The van der Waals surface area contributed by atoms with Gasteiger partial charge < -0.3 is 5.32 Å². The second kappa shape index (κ2) is 14.7. The average Bonchev–Trinajstić information content (AvgIpc) is 3.09. The minimum absolute atomic E-state index is 0.0836. The van der Waals surface area contributed by atoms with E-state index in [0.29, 0.717) is 48.4 Å². The van der Waals surface area contributed by atoms with Crippen molar-refractivity contribution in [2.75, 3.05) is 28.6 Å². The van der Waals surface area contributed by atoms with Crippen molar-refractivity contribution in [2.45, 2.75) is 38.8 Å². The first-order chi connectivity index (χ1) is 22.8. The summed E-state index contributed by atoms with van der Waals surface area (Å²) in [6.07, 6.45) is 4.73. The molecule has 1 saturated heterocycles. The number of hydrogen-bond acceptors (Lipinski definition) is 8. The zero-order chi connectivity index (χ0) is 32.6. The van der Waals surface area contributed by atoms with Gasteiger partial charge in [-0.3, -0.25) is 4.79 Å². The summed E-state index contributed by atoms with van der Waals surface area (Å²) < 4.78 is 12.6. The van der Waals surface area contributed by atoms with Crippen LogP contribution in [0.25, 0.3) is 0 Å². The van der Waals surface area contributed by atoms with Crippen LogP contribution in [0.5, 0.6) is 5.75 Å². The second-order valence-electron chi connectivity index (χ2n) is 11.7. The van der Waals surface area contributed by atoms with Gasteiger partial charge in [0, 0.05) is 11.3 Å². The van der Waals surface area contributed by atoms with Crippen LogP contribution >= 0.6 is 7.94 Å². The minimum Gasteiger partial charge on any atom is -0.0465 e. The molecule has 0 radical (unpaired) electrons. The summed E-state index contributed by atoms with van der Waals surface area (Å²) in [5.41, 5.74) is 3.39. The van der Waals surface area contributed by atoms with Gasteiger partial charge in [-0.1, -0.05) is 23.8 Å². The van der Waals surface area contributed by atoms with Gasteiger partial charge in [0.1, 0.15) is 0 Å². The van der Waals surface area contributed by atoms with Gasteiger partial charge in [-0.15, -0.1) is 0 Å². The van der Waals surface area contributed by atoms with E-state index >= 15 is 0 Å². The van der Waals surface area contributed by atoms with Gasteiger partial charge in [-0.05, 0) is 25.1 Å². The summed E-state index contributed by atoms with van der Waals surface area (Å²) in [6.45, 7) is 5.42. The second-order valence-corrected chi connectivity index (χ2v) is 13.9. The summed E-state index contributed by atoms with van der Waals surface area (Å²) in [5, 5.41) is 7.13. The molecular formula is C37H40N5O4P. The third-order valence-corrected chi connectivity index (χ3v) is 10.4. The molecule has 1 aromatic heterocycles. The number of nitrogens with zero attached hydrogens (tertiary/aromatic N) is 3.